The predicted molar refractivity (Wildman–Crippen MR) is 95.3 cm³/mol. The molecule has 1 heterocycles. The zero-order valence-electron chi connectivity index (χ0n) is 14.3. The molecule has 1 unspecified atom stereocenters. The SMILES string of the molecule is CCC1CN(Cc2ccc([N+](=O)[O-])cc2)c2cc(C(C)=O)ccc2O1. The summed E-state index contributed by atoms with van der Waals surface area (Å²) in [6.45, 7) is 4.93. The Hall–Kier alpha value is -2.89. The lowest BCUT2D eigenvalue weighted by molar-refractivity contribution is -0.384. The third-order valence-electron chi connectivity index (χ3n) is 4.40. The molecule has 2 aromatic carbocycles. The van der Waals surface area contributed by atoms with E-state index in [2.05, 4.69) is 11.8 Å². The summed E-state index contributed by atoms with van der Waals surface area (Å²) in [5.41, 5.74) is 2.58. The summed E-state index contributed by atoms with van der Waals surface area (Å²) in [7, 11) is 0. The second kappa shape index (κ2) is 6.93. The summed E-state index contributed by atoms with van der Waals surface area (Å²) in [4.78, 5) is 24.3. The Bertz CT molecular complexity index is 802. The van der Waals surface area contributed by atoms with Crippen molar-refractivity contribution in [3.05, 3.63) is 63.7 Å². The smallest absolute Gasteiger partial charge is 0.269 e. The lowest BCUT2D eigenvalue weighted by atomic mass is 10.1. The minimum atomic E-state index is -0.403. The molecule has 0 fully saturated rings. The summed E-state index contributed by atoms with van der Waals surface area (Å²) < 4.78 is 5.99. The molecule has 0 aromatic heterocycles. The Morgan fingerprint density at radius 1 is 1.28 bits per heavy atom. The van der Waals surface area contributed by atoms with Crippen LogP contribution in [0.4, 0.5) is 11.4 Å². The summed E-state index contributed by atoms with van der Waals surface area (Å²) in [5.74, 6) is 0.778. The van der Waals surface area contributed by atoms with Crippen LogP contribution in [0.2, 0.25) is 0 Å². The highest BCUT2D eigenvalue weighted by atomic mass is 16.6. The van der Waals surface area contributed by atoms with Crippen LogP contribution in [-0.2, 0) is 6.54 Å². The maximum Gasteiger partial charge on any atom is 0.269 e. The fourth-order valence-electron chi connectivity index (χ4n) is 2.95. The molecule has 0 saturated carbocycles. The van der Waals surface area contributed by atoms with E-state index >= 15 is 0 Å². The van der Waals surface area contributed by atoms with Gasteiger partial charge in [0, 0.05) is 24.2 Å². The van der Waals surface area contributed by atoms with E-state index in [-0.39, 0.29) is 17.6 Å². The second-order valence-corrected chi connectivity index (χ2v) is 6.19. The van der Waals surface area contributed by atoms with E-state index in [1.165, 1.54) is 12.1 Å². The number of ketones is 1. The molecule has 0 bridgehead atoms. The minimum Gasteiger partial charge on any atom is -0.486 e. The number of Topliss-reactive ketones (excluding diaryl/α,β-unsaturated/α-hetero) is 1. The number of nitro benzene ring substituents is 1. The summed E-state index contributed by atoms with van der Waals surface area (Å²) in [5, 5.41) is 10.8. The maximum atomic E-state index is 11.7. The first kappa shape index (κ1) is 17.0. The van der Waals surface area contributed by atoms with Gasteiger partial charge in [0.15, 0.2) is 5.78 Å². The molecule has 3 rings (SSSR count). The van der Waals surface area contributed by atoms with Gasteiger partial charge >= 0.3 is 0 Å². The number of hydrogen-bond donors (Lipinski definition) is 0. The summed E-state index contributed by atoms with van der Waals surface area (Å²) in [6, 6.07) is 12.0. The van der Waals surface area contributed by atoms with Crippen LogP contribution in [0.1, 0.15) is 36.2 Å². The van der Waals surface area contributed by atoms with Gasteiger partial charge in [-0.25, -0.2) is 0 Å². The van der Waals surface area contributed by atoms with E-state index in [0.717, 1.165) is 23.4 Å². The quantitative estimate of drug-likeness (QED) is 0.468. The third-order valence-corrected chi connectivity index (χ3v) is 4.40. The van der Waals surface area contributed by atoms with E-state index in [9.17, 15) is 14.9 Å². The second-order valence-electron chi connectivity index (χ2n) is 6.19. The first-order valence-electron chi connectivity index (χ1n) is 8.28. The van der Waals surface area contributed by atoms with Crippen molar-refractivity contribution in [1.82, 2.24) is 0 Å². The van der Waals surface area contributed by atoms with Crippen molar-refractivity contribution < 1.29 is 14.5 Å². The number of rotatable bonds is 5. The standard InChI is InChI=1S/C19H20N2O4/c1-3-17-12-20(11-14-4-7-16(8-5-14)21(23)24)18-10-15(13(2)22)6-9-19(18)25-17/h4-10,17H,3,11-12H2,1-2H3. The van der Waals surface area contributed by atoms with Gasteiger partial charge in [-0.15, -0.1) is 0 Å². The minimum absolute atomic E-state index is 0.00991. The Morgan fingerprint density at radius 2 is 2.00 bits per heavy atom. The van der Waals surface area contributed by atoms with Crippen molar-refractivity contribution in [3.63, 3.8) is 0 Å². The molecule has 25 heavy (non-hydrogen) atoms. The number of carbonyl (C=O) groups is 1. The molecule has 2 aromatic rings. The molecule has 0 saturated heterocycles. The molecule has 0 amide bonds. The fourth-order valence-corrected chi connectivity index (χ4v) is 2.95. The van der Waals surface area contributed by atoms with E-state index in [0.29, 0.717) is 18.7 Å². The van der Waals surface area contributed by atoms with E-state index in [1.54, 1.807) is 25.1 Å². The molecule has 130 valence electrons. The zero-order chi connectivity index (χ0) is 18.0. The Kier molecular flexibility index (Phi) is 4.70. The van der Waals surface area contributed by atoms with Crippen molar-refractivity contribution in [2.24, 2.45) is 0 Å². The number of carbonyl (C=O) groups excluding carboxylic acids is 1. The van der Waals surface area contributed by atoms with Gasteiger partial charge in [0.25, 0.3) is 5.69 Å². The largest absolute Gasteiger partial charge is 0.486 e. The van der Waals surface area contributed by atoms with Crippen LogP contribution in [-0.4, -0.2) is 23.4 Å². The lowest BCUT2D eigenvalue weighted by Gasteiger charge is -2.36. The number of hydrogen-bond acceptors (Lipinski definition) is 5. The van der Waals surface area contributed by atoms with Gasteiger partial charge in [0.1, 0.15) is 11.9 Å². The van der Waals surface area contributed by atoms with Gasteiger partial charge in [0.05, 0.1) is 17.2 Å². The van der Waals surface area contributed by atoms with Crippen LogP contribution in [0, 0.1) is 10.1 Å². The Morgan fingerprint density at radius 3 is 2.60 bits per heavy atom. The van der Waals surface area contributed by atoms with E-state index < -0.39 is 4.92 Å². The Balaban J connectivity index is 1.90. The highest BCUT2D eigenvalue weighted by molar-refractivity contribution is 5.95. The van der Waals surface area contributed by atoms with Crippen molar-refractivity contribution in [1.29, 1.82) is 0 Å². The molecule has 0 N–H and O–H groups in total. The number of ether oxygens (including phenoxy) is 1. The maximum absolute atomic E-state index is 11.7. The third kappa shape index (κ3) is 3.63. The number of fused-ring (bicyclic) bond motifs is 1. The van der Waals surface area contributed by atoms with Gasteiger partial charge in [-0.1, -0.05) is 19.1 Å². The van der Waals surface area contributed by atoms with Gasteiger partial charge < -0.3 is 9.64 Å². The lowest BCUT2D eigenvalue weighted by Crippen LogP contribution is -2.39. The molecule has 1 atom stereocenters. The number of nitrogens with zero attached hydrogens (tertiary/aromatic N) is 2. The summed E-state index contributed by atoms with van der Waals surface area (Å²) in [6.07, 6.45) is 0.957. The van der Waals surface area contributed by atoms with Gasteiger partial charge in [-0.2, -0.15) is 0 Å². The van der Waals surface area contributed by atoms with Crippen molar-refractivity contribution >= 4 is 17.2 Å². The van der Waals surface area contributed by atoms with Gasteiger partial charge in [0.2, 0.25) is 0 Å². The molecule has 6 nitrogen and oxygen atoms in total. The number of nitro groups is 1. The molecule has 0 aliphatic carbocycles. The van der Waals surface area contributed by atoms with Gasteiger partial charge in [-0.3, -0.25) is 14.9 Å². The number of benzene rings is 2. The molecule has 1 aliphatic heterocycles. The van der Waals surface area contributed by atoms with E-state index in [4.69, 9.17) is 4.74 Å². The van der Waals surface area contributed by atoms with Gasteiger partial charge in [-0.05, 0) is 37.1 Å². The summed E-state index contributed by atoms with van der Waals surface area (Å²) >= 11 is 0. The monoisotopic (exact) mass is 340 g/mol. The van der Waals surface area contributed by atoms with Crippen molar-refractivity contribution in [2.45, 2.75) is 32.9 Å². The van der Waals surface area contributed by atoms with Crippen molar-refractivity contribution in [3.8, 4) is 5.75 Å². The van der Waals surface area contributed by atoms with Crippen LogP contribution in [0.25, 0.3) is 0 Å². The first-order chi connectivity index (χ1) is 12.0. The molecule has 0 spiro atoms. The van der Waals surface area contributed by atoms with Crippen LogP contribution < -0.4 is 9.64 Å². The topological polar surface area (TPSA) is 72.7 Å². The predicted octanol–water partition coefficient (Wildman–Crippen LogP) is 3.98. The Labute approximate surface area is 146 Å². The van der Waals surface area contributed by atoms with E-state index in [1.807, 2.05) is 12.1 Å². The zero-order valence-corrected chi connectivity index (χ0v) is 14.3. The van der Waals surface area contributed by atoms with Crippen LogP contribution in [0.5, 0.6) is 5.75 Å². The highest BCUT2D eigenvalue weighted by Gasteiger charge is 2.25. The molecule has 0 radical (unpaired) electrons. The van der Waals surface area contributed by atoms with Crippen LogP contribution in [0.3, 0.4) is 0 Å². The van der Waals surface area contributed by atoms with Crippen molar-refractivity contribution in [2.75, 3.05) is 11.4 Å². The van der Waals surface area contributed by atoms with Crippen LogP contribution in [0.15, 0.2) is 42.5 Å². The molecule has 6 heteroatoms. The molecular weight excluding hydrogens is 320 g/mol. The van der Waals surface area contributed by atoms with Crippen LogP contribution >= 0.6 is 0 Å². The average molecular weight is 340 g/mol. The fraction of sp³-hybridized carbons (Fsp3) is 0.316. The average Bonchev–Trinajstić information content (AvgIpc) is 2.61. The highest BCUT2D eigenvalue weighted by Crippen LogP contribution is 2.36. The number of anilines is 1. The molecular formula is C19H20N2O4. The first-order valence-corrected chi connectivity index (χ1v) is 8.28. The molecule has 1 aliphatic rings. The normalized spacial score (nSPS) is 16.1. The number of non-ortho nitro benzene ring substituents is 1.